The van der Waals surface area contributed by atoms with E-state index < -0.39 is 17.6 Å². The highest BCUT2D eigenvalue weighted by Gasteiger charge is 2.19. The number of aryl methyl sites for hydroxylation is 1. The predicted octanol–water partition coefficient (Wildman–Crippen LogP) is 3.18. The number of carboxylic acid groups (broad SMARTS) is 1. The van der Waals surface area contributed by atoms with Crippen molar-refractivity contribution in [3.05, 3.63) is 39.7 Å². The molecule has 0 spiro atoms. The first kappa shape index (κ1) is 19.0. The summed E-state index contributed by atoms with van der Waals surface area (Å²) < 4.78 is 5.34. The Morgan fingerprint density at radius 3 is 2.68 bits per heavy atom. The second-order valence-electron chi connectivity index (χ2n) is 6.19. The molecule has 0 fully saturated rings. The topological polar surface area (TPSA) is 99.8 Å². The molecular formula is C19H25NO5. The maximum atomic E-state index is 11.9. The molecule has 136 valence electrons. The Bertz CT molecular complexity index is 796. The van der Waals surface area contributed by atoms with Gasteiger partial charge in [-0.05, 0) is 37.0 Å². The first-order valence-corrected chi connectivity index (χ1v) is 8.71. The maximum Gasteiger partial charge on any atom is 0.336 e. The number of phenols is 1. The van der Waals surface area contributed by atoms with Crippen LogP contribution in [0.15, 0.2) is 27.4 Å². The van der Waals surface area contributed by atoms with E-state index in [0.29, 0.717) is 17.6 Å². The molecule has 1 atom stereocenters. The highest BCUT2D eigenvalue weighted by atomic mass is 16.4. The van der Waals surface area contributed by atoms with Gasteiger partial charge in [-0.25, -0.2) is 4.79 Å². The number of aliphatic carboxylic acids is 1. The van der Waals surface area contributed by atoms with Crippen molar-refractivity contribution in [3.63, 3.8) is 0 Å². The van der Waals surface area contributed by atoms with E-state index in [4.69, 9.17) is 4.42 Å². The van der Waals surface area contributed by atoms with Crippen molar-refractivity contribution in [3.8, 4) is 5.75 Å². The molecule has 0 saturated heterocycles. The van der Waals surface area contributed by atoms with Gasteiger partial charge in [0.25, 0.3) is 0 Å². The van der Waals surface area contributed by atoms with Crippen LogP contribution >= 0.6 is 0 Å². The van der Waals surface area contributed by atoms with Crippen LogP contribution in [0.2, 0.25) is 0 Å². The fraction of sp³-hybridized carbons (Fsp3) is 0.474. The van der Waals surface area contributed by atoms with Gasteiger partial charge in [-0.2, -0.15) is 0 Å². The molecule has 3 N–H and O–H groups in total. The lowest BCUT2D eigenvalue weighted by molar-refractivity contribution is -0.139. The zero-order valence-corrected chi connectivity index (χ0v) is 14.7. The molecule has 0 bridgehead atoms. The molecule has 1 aromatic heterocycles. The van der Waals surface area contributed by atoms with E-state index in [2.05, 4.69) is 12.2 Å². The number of fused-ring (bicyclic) bond motifs is 1. The van der Waals surface area contributed by atoms with Gasteiger partial charge in [0.2, 0.25) is 0 Å². The Morgan fingerprint density at radius 2 is 2.04 bits per heavy atom. The van der Waals surface area contributed by atoms with Gasteiger partial charge >= 0.3 is 11.6 Å². The quantitative estimate of drug-likeness (QED) is 0.603. The Hall–Kier alpha value is -2.34. The van der Waals surface area contributed by atoms with Crippen LogP contribution in [0, 0.1) is 0 Å². The summed E-state index contributed by atoms with van der Waals surface area (Å²) in [6.07, 6.45) is 3.91. The Labute approximate surface area is 146 Å². The summed E-state index contributed by atoms with van der Waals surface area (Å²) in [5, 5.41) is 23.2. The Balaban J connectivity index is 2.41. The molecule has 0 aliphatic rings. The third-order valence-electron chi connectivity index (χ3n) is 4.28. The lowest BCUT2D eigenvalue weighted by Crippen LogP contribution is -2.36. The fourth-order valence-electron chi connectivity index (χ4n) is 2.91. The van der Waals surface area contributed by atoms with Crippen molar-refractivity contribution < 1.29 is 19.4 Å². The third-order valence-corrected chi connectivity index (χ3v) is 4.28. The first-order chi connectivity index (χ1) is 12.0. The lowest BCUT2D eigenvalue weighted by Gasteiger charge is -2.15. The zero-order valence-electron chi connectivity index (χ0n) is 14.7. The SMILES string of the molecule is CCCCc1cc(=O)oc2c(CNC(CCC)C(=O)O)c(O)ccc12. The second-order valence-corrected chi connectivity index (χ2v) is 6.19. The molecule has 0 amide bonds. The Morgan fingerprint density at radius 1 is 1.28 bits per heavy atom. The van der Waals surface area contributed by atoms with E-state index in [1.807, 2.05) is 6.92 Å². The third kappa shape index (κ3) is 4.60. The molecule has 0 radical (unpaired) electrons. The van der Waals surface area contributed by atoms with Crippen LogP contribution in [0.5, 0.6) is 5.75 Å². The number of carboxylic acids is 1. The number of hydrogen-bond acceptors (Lipinski definition) is 5. The van der Waals surface area contributed by atoms with Crippen molar-refractivity contribution >= 4 is 16.9 Å². The summed E-state index contributed by atoms with van der Waals surface area (Å²) in [7, 11) is 0. The number of hydrogen-bond donors (Lipinski definition) is 3. The normalized spacial score (nSPS) is 12.4. The minimum atomic E-state index is -0.938. The van der Waals surface area contributed by atoms with E-state index in [1.165, 1.54) is 6.07 Å². The molecule has 2 rings (SSSR count). The maximum absolute atomic E-state index is 11.9. The molecule has 6 nitrogen and oxygen atoms in total. The van der Waals surface area contributed by atoms with Gasteiger partial charge < -0.3 is 19.9 Å². The highest BCUT2D eigenvalue weighted by molar-refractivity contribution is 5.85. The summed E-state index contributed by atoms with van der Waals surface area (Å²) in [4.78, 5) is 23.2. The van der Waals surface area contributed by atoms with Crippen molar-refractivity contribution in [1.82, 2.24) is 5.32 Å². The lowest BCUT2D eigenvalue weighted by atomic mass is 10.0. The van der Waals surface area contributed by atoms with Crippen molar-refractivity contribution in [2.75, 3.05) is 0 Å². The molecule has 25 heavy (non-hydrogen) atoms. The van der Waals surface area contributed by atoms with Gasteiger partial charge in [0.05, 0.1) is 5.56 Å². The van der Waals surface area contributed by atoms with Gasteiger partial charge in [0.15, 0.2) is 0 Å². The van der Waals surface area contributed by atoms with Gasteiger partial charge in [-0.3, -0.25) is 4.79 Å². The number of carbonyl (C=O) groups is 1. The van der Waals surface area contributed by atoms with Crippen LogP contribution in [0.1, 0.15) is 50.7 Å². The number of aromatic hydroxyl groups is 1. The molecule has 0 aliphatic carbocycles. The fourth-order valence-corrected chi connectivity index (χ4v) is 2.91. The van der Waals surface area contributed by atoms with E-state index >= 15 is 0 Å². The van der Waals surface area contributed by atoms with Gasteiger partial charge in [-0.1, -0.05) is 26.7 Å². The summed E-state index contributed by atoms with van der Waals surface area (Å²) in [5.74, 6) is -0.955. The summed E-state index contributed by atoms with van der Waals surface area (Å²) in [5.41, 5.74) is 1.16. The molecule has 1 heterocycles. The van der Waals surface area contributed by atoms with E-state index in [9.17, 15) is 19.8 Å². The van der Waals surface area contributed by atoms with Gasteiger partial charge in [0.1, 0.15) is 17.4 Å². The average molecular weight is 347 g/mol. The number of benzene rings is 1. The van der Waals surface area contributed by atoms with E-state index in [0.717, 1.165) is 36.6 Å². The number of unbranched alkanes of at least 4 members (excludes halogenated alkanes) is 1. The van der Waals surface area contributed by atoms with Crippen molar-refractivity contribution in [2.24, 2.45) is 0 Å². The molecule has 0 saturated carbocycles. The van der Waals surface area contributed by atoms with Crippen LogP contribution in [-0.4, -0.2) is 22.2 Å². The highest BCUT2D eigenvalue weighted by Crippen LogP contribution is 2.29. The molecule has 1 aromatic carbocycles. The minimum Gasteiger partial charge on any atom is -0.507 e. The number of phenolic OH excluding ortho intramolecular Hbond substituents is 1. The van der Waals surface area contributed by atoms with Crippen molar-refractivity contribution in [2.45, 2.75) is 58.5 Å². The first-order valence-electron chi connectivity index (χ1n) is 8.71. The van der Waals surface area contributed by atoms with Gasteiger partial charge in [0, 0.05) is 18.0 Å². The van der Waals surface area contributed by atoms with E-state index in [-0.39, 0.29) is 12.3 Å². The second kappa shape index (κ2) is 8.67. The smallest absolute Gasteiger partial charge is 0.336 e. The van der Waals surface area contributed by atoms with Gasteiger partial charge in [-0.15, -0.1) is 0 Å². The summed E-state index contributed by atoms with van der Waals surface area (Å²) >= 11 is 0. The van der Waals surface area contributed by atoms with Crippen LogP contribution in [-0.2, 0) is 17.8 Å². The monoisotopic (exact) mass is 347 g/mol. The number of nitrogens with one attached hydrogen (secondary N) is 1. The molecule has 6 heteroatoms. The molecule has 1 unspecified atom stereocenters. The summed E-state index contributed by atoms with van der Waals surface area (Å²) in [6.45, 7) is 4.10. The molecule has 0 aliphatic heterocycles. The van der Waals surface area contributed by atoms with Crippen LogP contribution in [0.4, 0.5) is 0 Å². The van der Waals surface area contributed by atoms with Crippen LogP contribution in [0.25, 0.3) is 11.0 Å². The predicted molar refractivity (Wildman–Crippen MR) is 95.9 cm³/mol. The summed E-state index contributed by atoms with van der Waals surface area (Å²) in [6, 6.07) is 4.07. The minimum absolute atomic E-state index is 0.0172. The largest absolute Gasteiger partial charge is 0.507 e. The van der Waals surface area contributed by atoms with Crippen LogP contribution in [0.3, 0.4) is 0 Å². The van der Waals surface area contributed by atoms with E-state index in [1.54, 1.807) is 12.1 Å². The Kier molecular flexibility index (Phi) is 6.58. The van der Waals surface area contributed by atoms with Crippen molar-refractivity contribution in [1.29, 1.82) is 0 Å². The standard InChI is InChI=1S/C19H25NO5/c1-3-5-7-12-10-17(22)25-18-13(12)8-9-16(21)14(18)11-20-15(6-4-2)19(23)24/h8-10,15,20-21H,3-7,11H2,1-2H3,(H,23,24). The van der Waals surface area contributed by atoms with Crippen LogP contribution < -0.4 is 10.9 Å². The number of rotatable bonds is 9. The average Bonchev–Trinajstić information content (AvgIpc) is 2.57. The zero-order chi connectivity index (χ0) is 18.4. The molecular weight excluding hydrogens is 322 g/mol. The molecule has 2 aromatic rings.